The molecule has 1 N–H and O–H groups in total. The third-order valence-corrected chi connectivity index (χ3v) is 6.03. The number of halogens is 5. The van der Waals surface area contributed by atoms with E-state index in [2.05, 4.69) is 15.5 Å². The number of anilines is 1. The predicted molar refractivity (Wildman–Crippen MR) is 136 cm³/mol. The molecular formula is C25H20ClF4N5OS. The Morgan fingerprint density at radius 3 is 2.54 bits per heavy atom. The van der Waals surface area contributed by atoms with Crippen LogP contribution in [0.3, 0.4) is 0 Å². The lowest BCUT2D eigenvalue weighted by atomic mass is 10.2. The maximum absolute atomic E-state index is 13.4. The number of rotatable bonds is 8. The minimum atomic E-state index is -4.53. The summed E-state index contributed by atoms with van der Waals surface area (Å²) in [4.78, 5) is 0. The van der Waals surface area contributed by atoms with E-state index in [9.17, 15) is 17.6 Å². The Bertz CT molecular complexity index is 1480. The van der Waals surface area contributed by atoms with Crippen molar-refractivity contribution in [2.24, 2.45) is 5.10 Å². The standard InChI is InChI=1S/C25H20ClF4N5OS/c1-16-12-19(10-11-21(16)26)36-14-23-33-34(15-31-22-5-3-2-4-20(22)25(28,29)30)24(37)35(23)32-13-17-6-8-18(27)9-7-17/h2-13,31H,14-15H2,1H3/b32-13+. The van der Waals surface area contributed by atoms with E-state index in [1.807, 2.05) is 6.92 Å². The van der Waals surface area contributed by atoms with Gasteiger partial charge in [-0.05, 0) is 72.7 Å². The summed E-state index contributed by atoms with van der Waals surface area (Å²) in [7, 11) is 0. The van der Waals surface area contributed by atoms with Crippen LogP contribution in [0.4, 0.5) is 23.2 Å². The van der Waals surface area contributed by atoms with Gasteiger partial charge in [-0.1, -0.05) is 35.9 Å². The van der Waals surface area contributed by atoms with Crippen molar-refractivity contribution < 1.29 is 22.3 Å². The summed E-state index contributed by atoms with van der Waals surface area (Å²) < 4.78 is 61.9. The molecule has 0 radical (unpaired) electrons. The van der Waals surface area contributed by atoms with E-state index in [1.165, 1.54) is 58.0 Å². The molecule has 0 aliphatic carbocycles. The highest BCUT2D eigenvalue weighted by molar-refractivity contribution is 7.71. The molecule has 3 aromatic carbocycles. The highest BCUT2D eigenvalue weighted by atomic mass is 35.5. The molecule has 0 saturated carbocycles. The Hall–Kier alpha value is -3.70. The van der Waals surface area contributed by atoms with Gasteiger partial charge in [0.25, 0.3) is 0 Å². The SMILES string of the molecule is Cc1cc(OCc2nn(CNc3ccccc3C(F)(F)F)c(=S)n2/N=C/c2ccc(F)cc2)ccc1Cl. The number of para-hydroxylation sites is 1. The Morgan fingerprint density at radius 2 is 1.84 bits per heavy atom. The molecular weight excluding hydrogens is 530 g/mol. The second-order valence-corrected chi connectivity index (χ2v) is 8.66. The quantitative estimate of drug-likeness (QED) is 0.145. The van der Waals surface area contributed by atoms with Gasteiger partial charge in [-0.15, -0.1) is 5.10 Å². The molecule has 4 aromatic rings. The van der Waals surface area contributed by atoms with Gasteiger partial charge in [0.15, 0.2) is 5.82 Å². The van der Waals surface area contributed by atoms with Crippen LogP contribution in [0.2, 0.25) is 5.02 Å². The Labute approximate surface area is 219 Å². The molecule has 4 rings (SSSR count). The van der Waals surface area contributed by atoms with Crippen molar-refractivity contribution in [2.75, 3.05) is 5.32 Å². The van der Waals surface area contributed by atoms with Gasteiger partial charge in [0, 0.05) is 10.7 Å². The smallest absolute Gasteiger partial charge is 0.418 e. The van der Waals surface area contributed by atoms with E-state index < -0.39 is 11.7 Å². The van der Waals surface area contributed by atoms with Gasteiger partial charge in [-0.3, -0.25) is 0 Å². The molecule has 0 unspecified atom stereocenters. The van der Waals surface area contributed by atoms with E-state index in [4.69, 9.17) is 28.6 Å². The monoisotopic (exact) mass is 549 g/mol. The van der Waals surface area contributed by atoms with Crippen LogP contribution in [-0.2, 0) is 19.5 Å². The fraction of sp³-hybridized carbons (Fsp3) is 0.160. The first-order valence-corrected chi connectivity index (χ1v) is 11.7. The Balaban J connectivity index is 1.62. The average molecular weight is 550 g/mol. The highest BCUT2D eigenvalue weighted by Crippen LogP contribution is 2.34. The number of ether oxygens (including phenoxy) is 1. The molecule has 0 aliphatic heterocycles. The number of alkyl halides is 3. The van der Waals surface area contributed by atoms with E-state index in [-0.39, 0.29) is 29.6 Å². The molecule has 37 heavy (non-hydrogen) atoms. The fourth-order valence-electron chi connectivity index (χ4n) is 3.33. The molecule has 1 aromatic heterocycles. The first kappa shape index (κ1) is 26.4. The van der Waals surface area contributed by atoms with E-state index >= 15 is 0 Å². The zero-order chi connectivity index (χ0) is 26.6. The Kier molecular flexibility index (Phi) is 7.94. The van der Waals surface area contributed by atoms with Gasteiger partial charge in [0.05, 0.1) is 11.8 Å². The number of nitrogens with zero attached hydrogens (tertiary/aromatic N) is 4. The Morgan fingerprint density at radius 1 is 1.11 bits per heavy atom. The van der Waals surface area contributed by atoms with Crippen LogP contribution in [0.5, 0.6) is 5.75 Å². The minimum Gasteiger partial charge on any atom is -0.486 e. The summed E-state index contributed by atoms with van der Waals surface area (Å²) in [5.74, 6) is 0.440. The number of nitrogens with one attached hydrogen (secondary N) is 1. The lowest BCUT2D eigenvalue weighted by molar-refractivity contribution is -0.137. The summed E-state index contributed by atoms with van der Waals surface area (Å²) in [6, 6.07) is 15.9. The molecule has 0 aliphatic rings. The maximum atomic E-state index is 13.4. The molecule has 6 nitrogen and oxygen atoms in total. The van der Waals surface area contributed by atoms with Gasteiger partial charge in [0.2, 0.25) is 4.77 Å². The van der Waals surface area contributed by atoms with Crippen molar-refractivity contribution in [1.82, 2.24) is 14.5 Å². The number of aryl methyl sites for hydroxylation is 1. The fourth-order valence-corrected chi connectivity index (χ4v) is 3.70. The van der Waals surface area contributed by atoms with Crippen molar-refractivity contribution in [3.63, 3.8) is 0 Å². The maximum Gasteiger partial charge on any atom is 0.418 e. The van der Waals surface area contributed by atoms with Gasteiger partial charge in [0.1, 0.15) is 24.8 Å². The van der Waals surface area contributed by atoms with Crippen molar-refractivity contribution in [3.8, 4) is 5.75 Å². The molecule has 0 saturated heterocycles. The predicted octanol–water partition coefficient (Wildman–Crippen LogP) is 7.06. The number of benzene rings is 3. The van der Waals surface area contributed by atoms with Crippen LogP contribution >= 0.6 is 23.8 Å². The topological polar surface area (TPSA) is 56.4 Å². The molecule has 0 atom stereocenters. The van der Waals surface area contributed by atoms with Gasteiger partial charge >= 0.3 is 6.18 Å². The third-order valence-electron chi connectivity index (χ3n) is 5.22. The zero-order valence-corrected chi connectivity index (χ0v) is 20.9. The molecule has 0 fully saturated rings. The second kappa shape index (κ2) is 11.1. The van der Waals surface area contributed by atoms with E-state index in [0.717, 1.165) is 11.6 Å². The van der Waals surface area contributed by atoms with E-state index in [0.29, 0.717) is 22.2 Å². The van der Waals surface area contributed by atoms with Crippen molar-refractivity contribution >= 4 is 35.7 Å². The summed E-state index contributed by atoms with van der Waals surface area (Å²) in [5.41, 5.74) is 0.504. The highest BCUT2D eigenvalue weighted by Gasteiger charge is 2.33. The van der Waals surface area contributed by atoms with Crippen LogP contribution in [0.1, 0.15) is 22.5 Å². The van der Waals surface area contributed by atoms with Crippen molar-refractivity contribution in [1.29, 1.82) is 0 Å². The summed E-state index contributed by atoms with van der Waals surface area (Å²) in [5, 5.41) is 12.1. The lowest BCUT2D eigenvalue weighted by Gasteiger charge is -2.14. The third kappa shape index (κ3) is 6.55. The zero-order valence-electron chi connectivity index (χ0n) is 19.3. The van der Waals surface area contributed by atoms with Crippen LogP contribution in [0.25, 0.3) is 0 Å². The minimum absolute atomic E-state index is 0.0440. The lowest BCUT2D eigenvalue weighted by Crippen LogP contribution is -2.14. The second-order valence-electron chi connectivity index (χ2n) is 7.88. The van der Waals surface area contributed by atoms with Crippen molar-refractivity contribution in [3.05, 3.63) is 105 Å². The molecule has 0 bridgehead atoms. The van der Waals surface area contributed by atoms with Gasteiger partial charge < -0.3 is 10.1 Å². The van der Waals surface area contributed by atoms with Crippen LogP contribution in [0.15, 0.2) is 71.8 Å². The first-order chi connectivity index (χ1) is 17.6. The molecule has 0 amide bonds. The normalized spacial score (nSPS) is 11.7. The van der Waals surface area contributed by atoms with Crippen LogP contribution in [0, 0.1) is 17.5 Å². The average Bonchev–Trinajstić information content (AvgIpc) is 3.17. The van der Waals surface area contributed by atoms with Crippen LogP contribution in [-0.4, -0.2) is 20.7 Å². The van der Waals surface area contributed by atoms with Crippen molar-refractivity contribution in [2.45, 2.75) is 26.4 Å². The van der Waals surface area contributed by atoms with Gasteiger partial charge in [-0.2, -0.15) is 22.9 Å². The molecule has 192 valence electrons. The number of hydrogen-bond acceptors (Lipinski definition) is 5. The first-order valence-electron chi connectivity index (χ1n) is 10.9. The number of hydrogen-bond donors (Lipinski definition) is 1. The largest absolute Gasteiger partial charge is 0.486 e. The van der Waals surface area contributed by atoms with E-state index in [1.54, 1.807) is 18.2 Å². The van der Waals surface area contributed by atoms with Gasteiger partial charge in [-0.25, -0.2) is 9.07 Å². The molecule has 12 heteroatoms. The summed E-state index contributed by atoms with van der Waals surface area (Å²) in [6.07, 6.45) is -3.07. The summed E-state index contributed by atoms with van der Waals surface area (Å²) >= 11 is 11.6. The molecule has 0 spiro atoms. The summed E-state index contributed by atoms with van der Waals surface area (Å²) in [6.45, 7) is 1.64. The molecule has 1 heterocycles. The van der Waals surface area contributed by atoms with Crippen LogP contribution < -0.4 is 10.1 Å². The number of aromatic nitrogens is 3.